The van der Waals surface area contributed by atoms with Crippen LogP contribution in [0.3, 0.4) is 0 Å². The number of rotatable bonds is 5. The summed E-state index contributed by atoms with van der Waals surface area (Å²) < 4.78 is 6.12. The maximum Gasteiger partial charge on any atom is 0.269 e. The van der Waals surface area contributed by atoms with Gasteiger partial charge >= 0.3 is 0 Å². The number of H-pyrrole nitrogens is 1. The third kappa shape index (κ3) is 4.56. The van der Waals surface area contributed by atoms with Crippen molar-refractivity contribution in [2.75, 3.05) is 13.1 Å². The minimum atomic E-state index is -0.347. The number of halogens is 1. The van der Waals surface area contributed by atoms with Crippen LogP contribution in [0.1, 0.15) is 18.4 Å². The number of hydrogen-bond donors (Lipinski definition) is 1. The Morgan fingerprint density at radius 3 is 2.81 bits per heavy atom. The van der Waals surface area contributed by atoms with Gasteiger partial charge in [-0.05, 0) is 36.6 Å². The van der Waals surface area contributed by atoms with E-state index in [4.69, 9.17) is 4.74 Å². The SMILES string of the molecule is Cl.O=[N+]([O-])c1cccc(CN2CCC(Oc3ccc4[nH]ncc4c3)CC2)c1. The van der Waals surface area contributed by atoms with Crippen molar-refractivity contribution in [3.05, 3.63) is 64.3 Å². The number of piperidine rings is 1. The number of non-ortho nitro benzene ring substituents is 1. The predicted molar refractivity (Wildman–Crippen MR) is 105 cm³/mol. The van der Waals surface area contributed by atoms with Crippen LogP contribution in [0, 0.1) is 10.1 Å². The van der Waals surface area contributed by atoms with Gasteiger partial charge in [0.2, 0.25) is 0 Å². The van der Waals surface area contributed by atoms with E-state index in [1.807, 2.05) is 24.3 Å². The molecule has 4 rings (SSSR count). The van der Waals surface area contributed by atoms with Crippen molar-refractivity contribution in [2.24, 2.45) is 0 Å². The third-order valence-corrected chi connectivity index (χ3v) is 4.78. The molecule has 0 aliphatic carbocycles. The highest BCUT2D eigenvalue weighted by Crippen LogP contribution is 2.24. The molecule has 7 nitrogen and oxygen atoms in total. The van der Waals surface area contributed by atoms with Gasteiger partial charge in [0, 0.05) is 37.2 Å². The molecule has 0 radical (unpaired) electrons. The Balaban J connectivity index is 0.00000210. The number of fused-ring (bicyclic) bond motifs is 1. The number of benzene rings is 2. The second-order valence-corrected chi connectivity index (χ2v) is 6.64. The fourth-order valence-corrected chi connectivity index (χ4v) is 3.40. The second kappa shape index (κ2) is 8.37. The van der Waals surface area contributed by atoms with Gasteiger partial charge in [-0.1, -0.05) is 12.1 Å². The van der Waals surface area contributed by atoms with Crippen molar-refractivity contribution < 1.29 is 9.66 Å². The van der Waals surface area contributed by atoms with Crippen molar-refractivity contribution in [1.29, 1.82) is 0 Å². The van der Waals surface area contributed by atoms with Gasteiger partial charge < -0.3 is 4.74 Å². The molecule has 1 aliphatic heterocycles. The summed E-state index contributed by atoms with van der Waals surface area (Å²) in [6.45, 7) is 2.57. The lowest BCUT2D eigenvalue weighted by Crippen LogP contribution is -2.37. The highest BCUT2D eigenvalue weighted by Gasteiger charge is 2.21. The lowest BCUT2D eigenvalue weighted by molar-refractivity contribution is -0.384. The predicted octanol–water partition coefficient (Wildman–Crippen LogP) is 3.94. The van der Waals surface area contributed by atoms with Gasteiger partial charge in [0.25, 0.3) is 5.69 Å². The number of ether oxygens (including phenoxy) is 1. The Labute approximate surface area is 162 Å². The van der Waals surface area contributed by atoms with E-state index in [1.54, 1.807) is 18.3 Å². The first-order chi connectivity index (χ1) is 12.7. The molecular formula is C19H21ClN4O3. The van der Waals surface area contributed by atoms with Crippen molar-refractivity contribution >= 4 is 29.0 Å². The summed E-state index contributed by atoms with van der Waals surface area (Å²) >= 11 is 0. The van der Waals surface area contributed by atoms with Crippen molar-refractivity contribution in [2.45, 2.75) is 25.5 Å². The number of nitrogens with one attached hydrogen (secondary N) is 1. The zero-order valence-electron chi connectivity index (χ0n) is 14.7. The van der Waals surface area contributed by atoms with Crippen LogP contribution in [0.5, 0.6) is 5.75 Å². The van der Waals surface area contributed by atoms with E-state index >= 15 is 0 Å². The number of nitro benzene ring substituents is 1. The van der Waals surface area contributed by atoms with E-state index in [0.717, 1.165) is 54.7 Å². The first-order valence-electron chi connectivity index (χ1n) is 8.73. The summed E-state index contributed by atoms with van der Waals surface area (Å²) in [5.74, 6) is 0.871. The van der Waals surface area contributed by atoms with Crippen LogP contribution in [0.4, 0.5) is 5.69 Å². The number of aromatic amines is 1. The highest BCUT2D eigenvalue weighted by molar-refractivity contribution is 5.85. The van der Waals surface area contributed by atoms with Crippen LogP contribution in [-0.2, 0) is 6.54 Å². The fraction of sp³-hybridized carbons (Fsp3) is 0.316. The van der Waals surface area contributed by atoms with Gasteiger partial charge in [-0.25, -0.2) is 0 Å². The molecule has 27 heavy (non-hydrogen) atoms. The number of likely N-dealkylation sites (tertiary alicyclic amines) is 1. The maximum absolute atomic E-state index is 10.9. The molecule has 0 bridgehead atoms. The highest BCUT2D eigenvalue weighted by atomic mass is 35.5. The molecule has 1 saturated heterocycles. The Morgan fingerprint density at radius 1 is 1.22 bits per heavy atom. The third-order valence-electron chi connectivity index (χ3n) is 4.78. The first kappa shape index (κ1) is 19.1. The summed E-state index contributed by atoms with van der Waals surface area (Å²) in [5.41, 5.74) is 2.13. The van der Waals surface area contributed by atoms with Crippen LogP contribution in [0.25, 0.3) is 10.9 Å². The van der Waals surface area contributed by atoms with E-state index in [-0.39, 0.29) is 29.1 Å². The van der Waals surface area contributed by atoms with Crippen LogP contribution in [0.2, 0.25) is 0 Å². The summed E-state index contributed by atoms with van der Waals surface area (Å²) in [7, 11) is 0. The average Bonchev–Trinajstić information content (AvgIpc) is 3.11. The van der Waals surface area contributed by atoms with Gasteiger partial charge in [-0.3, -0.25) is 20.1 Å². The molecule has 1 N–H and O–H groups in total. The van der Waals surface area contributed by atoms with Gasteiger partial charge in [-0.15, -0.1) is 12.4 Å². The molecule has 142 valence electrons. The number of nitro groups is 1. The van der Waals surface area contributed by atoms with Crippen LogP contribution in [0.15, 0.2) is 48.7 Å². The molecule has 0 spiro atoms. The molecule has 0 unspecified atom stereocenters. The van der Waals surface area contributed by atoms with Crippen molar-refractivity contribution in [3.8, 4) is 5.75 Å². The van der Waals surface area contributed by atoms with Gasteiger partial charge in [0.15, 0.2) is 0 Å². The molecule has 0 atom stereocenters. The molecule has 1 fully saturated rings. The quantitative estimate of drug-likeness (QED) is 0.528. The van der Waals surface area contributed by atoms with Crippen molar-refractivity contribution in [3.63, 3.8) is 0 Å². The summed E-state index contributed by atoms with van der Waals surface area (Å²) in [5, 5.41) is 18.9. The number of nitrogens with zero attached hydrogens (tertiary/aromatic N) is 3. The van der Waals surface area contributed by atoms with Gasteiger partial charge in [0.1, 0.15) is 11.9 Å². The Kier molecular flexibility index (Phi) is 5.93. The smallest absolute Gasteiger partial charge is 0.269 e. The molecule has 3 aromatic rings. The molecule has 2 heterocycles. The second-order valence-electron chi connectivity index (χ2n) is 6.64. The zero-order valence-corrected chi connectivity index (χ0v) is 15.5. The topological polar surface area (TPSA) is 84.3 Å². The van der Waals surface area contributed by atoms with Gasteiger partial charge in [0.05, 0.1) is 16.6 Å². The summed E-state index contributed by atoms with van der Waals surface area (Å²) in [4.78, 5) is 12.9. The number of aromatic nitrogens is 2. The fourth-order valence-electron chi connectivity index (χ4n) is 3.40. The summed E-state index contributed by atoms with van der Waals surface area (Å²) in [6.07, 6.45) is 3.88. The van der Waals surface area contributed by atoms with Crippen LogP contribution < -0.4 is 4.74 Å². The van der Waals surface area contributed by atoms with Gasteiger partial charge in [-0.2, -0.15) is 5.10 Å². The number of hydrogen-bond acceptors (Lipinski definition) is 5. The molecule has 1 aliphatic rings. The van der Waals surface area contributed by atoms with Crippen molar-refractivity contribution in [1.82, 2.24) is 15.1 Å². The molecule has 0 saturated carbocycles. The Hall–Kier alpha value is -2.64. The molecular weight excluding hydrogens is 368 g/mol. The minimum Gasteiger partial charge on any atom is -0.490 e. The standard InChI is InChI=1S/C19H20N4O3.ClH/c24-23(25)16-3-1-2-14(10-16)13-22-8-6-17(7-9-22)26-18-4-5-19-15(11-18)12-20-21-19;/h1-5,10-12,17H,6-9,13H2,(H,20,21);1H. The Morgan fingerprint density at radius 2 is 2.04 bits per heavy atom. The maximum atomic E-state index is 10.9. The van der Waals surface area contributed by atoms with Crippen LogP contribution in [-0.4, -0.2) is 39.2 Å². The first-order valence-corrected chi connectivity index (χ1v) is 8.73. The summed E-state index contributed by atoms with van der Waals surface area (Å²) in [6, 6.07) is 12.8. The van der Waals surface area contributed by atoms with E-state index in [1.165, 1.54) is 6.07 Å². The minimum absolute atomic E-state index is 0. The Bertz CT molecular complexity index is 922. The largest absolute Gasteiger partial charge is 0.490 e. The lowest BCUT2D eigenvalue weighted by atomic mass is 10.1. The molecule has 1 aromatic heterocycles. The zero-order chi connectivity index (χ0) is 17.9. The van der Waals surface area contributed by atoms with E-state index in [2.05, 4.69) is 15.1 Å². The van der Waals surface area contributed by atoms with E-state index in [0.29, 0.717) is 0 Å². The molecule has 8 heteroatoms. The van der Waals surface area contributed by atoms with E-state index < -0.39 is 0 Å². The monoisotopic (exact) mass is 388 g/mol. The normalized spacial score (nSPS) is 15.4. The molecule has 2 aromatic carbocycles. The molecule has 0 amide bonds. The van der Waals surface area contributed by atoms with E-state index in [9.17, 15) is 10.1 Å². The average molecular weight is 389 g/mol. The van der Waals surface area contributed by atoms with Crippen LogP contribution >= 0.6 is 12.4 Å². The lowest BCUT2D eigenvalue weighted by Gasteiger charge is -2.32.